The Morgan fingerprint density at radius 2 is 1.50 bits per heavy atom. The maximum Gasteiger partial charge on any atom is 0.338 e. The molecule has 0 radical (unpaired) electrons. The Morgan fingerprint density at radius 1 is 0.875 bits per heavy atom. The Balaban J connectivity index is 2.23. The lowest BCUT2D eigenvalue weighted by Gasteiger charge is -2.07. The highest BCUT2D eigenvalue weighted by molar-refractivity contribution is 5.93. The quantitative estimate of drug-likeness (QED) is 0.415. The van der Waals surface area contributed by atoms with Crippen molar-refractivity contribution in [2.45, 2.75) is 71.6 Å². The van der Waals surface area contributed by atoms with E-state index in [1.807, 2.05) is 6.92 Å². The molecule has 0 aliphatic rings. The molecule has 24 heavy (non-hydrogen) atoms. The summed E-state index contributed by atoms with van der Waals surface area (Å²) in [4.78, 5) is 23.6. The Kier molecular flexibility index (Phi) is 10.6. The number of ether oxygens (including phenoxy) is 1. The van der Waals surface area contributed by atoms with Gasteiger partial charge in [-0.1, -0.05) is 52.4 Å². The molecule has 0 saturated heterocycles. The van der Waals surface area contributed by atoms with Crippen LogP contribution in [0.2, 0.25) is 0 Å². The maximum atomic E-state index is 11.9. The van der Waals surface area contributed by atoms with Gasteiger partial charge in [-0.25, -0.2) is 4.79 Å². The van der Waals surface area contributed by atoms with E-state index in [4.69, 9.17) is 4.74 Å². The minimum Gasteiger partial charge on any atom is -0.462 e. The average molecular weight is 333 g/mol. The van der Waals surface area contributed by atoms with E-state index >= 15 is 0 Å². The van der Waals surface area contributed by atoms with Gasteiger partial charge in [-0.05, 0) is 37.1 Å². The summed E-state index contributed by atoms with van der Waals surface area (Å²) in [6.45, 7) is 4.60. The fourth-order valence-electron chi connectivity index (χ4n) is 2.43. The summed E-state index contributed by atoms with van der Waals surface area (Å²) >= 11 is 0. The minimum absolute atomic E-state index is 0.0323. The second kappa shape index (κ2) is 12.6. The zero-order chi connectivity index (χ0) is 17.6. The molecule has 0 aliphatic carbocycles. The van der Waals surface area contributed by atoms with Crippen LogP contribution in [0.1, 0.15) is 82.0 Å². The fraction of sp³-hybridized carbons (Fsp3) is 0.600. The molecule has 1 aromatic rings. The minimum atomic E-state index is -0.321. The molecule has 0 bridgehead atoms. The number of nitrogens with one attached hydrogen (secondary N) is 1. The number of carbonyl (C=O) groups is 2. The number of hydrogen-bond acceptors (Lipinski definition) is 3. The van der Waals surface area contributed by atoms with E-state index in [1.165, 1.54) is 32.1 Å². The number of anilines is 1. The lowest BCUT2D eigenvalue weighted by atomic mass is 10.1. The van der Waals surface area contributed by atoms with Crippen molar-refractivity contribution in [1.29, 1.82) is 0 Å². The number of unbranched alkanes of at least 4 members (excludes halogenated alkanes) is 6. The molecule has 0 spiro atoms. The van der Waals surface area contributed by atoms with Crippen LogP contribution in [0.3, 0.4) is 0 Å². The number of carbonyl (C=O) groups excluding carboxylic acids is 2. The third-order valence-corrected chi connectivity index (χ3v) is 3.85. The van der Waals surface area contributed by atoms with Crippen LogP contribution in [0.25, 0.3) is 0 Å². The summed E-state index contributed by atoms with van der Waals surface area (Å²) in [5.41, 5.74) is 1.23. The van der Waals surface area contributed by atoms with Crippen LogP contribution in [0.15, 0.2) is 24.3 Å². The SMILES string of the molecule is CCCCCCCCCC(=O)Nc1ccc(C(=O)OCCC)cc1. The van der Waals surface area contributed by atoms with Crippen molar-refractivity contribution in [1.82, 2.24) is 0 Å². The summed E-state index contributed by atoms with van der Waals surface area (Å²) in [6, 6.07) is 6.85. The van der Waals surface area contributed by atoms with Crippen LogP contribution in [-0.2, 0) is 9.53 Å². The maximum absolute atomic E-state index is 11.9. The van der Waals surface area contributed by atoms with Gasteiger partial charge in [0.2, 0.25) is 5.91 Å². The zero-order valence-electron chi connectivity index (χ0n) is 15.1. The second-order valence-corrected chi connectivity index (χ2v) is 6.13. The molecule has 134 valence electrons. The second-order valence-electron chi connectivity index (χ2n) is 6.13. The standard InChI is InChI=1S/C20H31NO3/c1-3-5-6-7-8-9-10-11-19(22)21-18-14-12-17(13-15-18)20(23)24-16-4-2/h12-15H,3-11,16H2,1-2H3,(H,21,22). The van der Waals surface area contributed by atoms with E-state index in [-0.39, 0.29) is 11.9 Å². The van der Waals surface area contributed by atoms with E-state index in [2.05, 4.69) is 12.2 Å². The molecule has 0 fully saturated rings. The molecule has 0 unspecified atom stereocenters. The third-order valence-electron chi connectivity index (χ3n) is 3.85. The highest BCUT2D eigenvalue weighted by atomic mass is 16.5. The fourth-order valence-corrected chi connectivity index (χ4v) is 2.43. The molecular formula is C20H31NO3. The van der Waals surface area contributed by atoms with Crippen molar-refractivity contribution in [3.63, 3.8) is 0 Å². The highest BCUT2D eigenvalue weighted by Crippen LogP contribution is 2.13. The van der Waals surface area contributed by atoms with Gasteiger partial charge >= 0.3 is 5.97 Å². The molecule has 4 nitrogen and oxygen atoms in total. The summed E-state index contributed by atoms with van der Waals surface area (Å²) in [7, 11) is 0. The normalized spacial score (nSPS) is 10.4. The number of hydrogen-bond donors (Lipinski definition) is 1. The number of esters is 1. The van der Waals surface area contributed by atoms with Crippen molar-refractivity contribution in [2.75, 3.05) is 11.9 Å². The summed E-state index contributed by atoms with van der Waals surface area (Å²) < 4.78 is 5.07. The predicted octanol–water partition coefficient (Wildman–Crippen LogP) is 5.33. The molecule has 0 heterocycles. The van der Waals surface area contributed by atoms with E-state index in [9.17, 15) is 9.59 Å². The first-order valence-corrected chi connectivity index (χ1v) is 9.24. The van der Waals surface area contributed by atoms with E-state index in [0.29, 0.717) is 18.6 Å². The Bertz CT molecular complexity index is 482. The van der Waals surface area contributed by atoms with Crippen LogP contribution < -0.4 is 5.32 Å². The largest absolute Gasteiger partial charge is 0.462 e. The molecule has 0 saturated carbocycles. The van der Waals surface area contributed by atoms with E-state index in [1.54, 1.807) is 24.3 Å². The molecule has 1 N–H and O–H groups in total. The van der Waals surface area contributed by atoms with Gasteiger partial charge in [0.1, 0.15) is 0 Å². The number of amides is 1. The van der Waals surface area contributed by atoms with Crippen molar-refractivity contribution in [3.05, 3.63) is 29.8 Å². The van der Waals surface area contributed by atoms with Crippen molar-refractivity contribution in [3.8, 4) is 0 Å². The molecule has 4 heteroatoms. The van der Waals surface area contributed by atoms with Crippen LogP contribution in [-0.4, -0.2) is 18.5 Å². The first kappa shape index (κ1) is 20.2. The van der Waals surface area contributed by atoms with Crippen molar-refractivity contribution in [2.24, 2.45) is 0 Å². The number of rotatable bonds is 12. The summed E-state index contributed by atoms with van der Waals surface area (Å²) in [6.07, 6.45) is 9.74. The van der Waals surface area contributed by atoms with Gasteiger partial charge in [-0.15, -0.1) is 0 Å². The van der Waals surface area contributed by atoms with E-state index < -0.39 is 0 Å². The van der Waals surface area contributed by atoms with Crippen LogP contribution in [0, 0.1) is 0 Å². The smallest absolute Gasteiger partial charge is 0.338 e. The Hall–Kier alpha value is -1.84. The summed E-state index contributed by atoms with van der Waals surface area (Å²) in [5, 5.41) is 2.87. The Morgan fingerprint density at radius 3 is 2.12 bits per heavy atom. The number of benzene rings is 1. The zero-order valence-corrected chi connectivity index (χ0v) is 15.1. The van der Waals surface area contributed by atoms with Crippen LogP contribution in [0.5, 0.6) is 0 Å². The first-order valence-electron chi connectivity index (χ1n) is 9.24. The predicted molar refractivity (Wildman–Crippen MR) is 98.3 cm³/mol. The van der Waals surface area contributed by atoms with Crippen LogP contribution in [0.4, 0.5) is 5.69 Å². The molecule has 1 amide bonds. The molecule has 1 aromatic carbocycles. The lowest BCUT2D eigenvalue weighted by Crippen LogP contribution is -2.11. The molecule has 0 aromatic heterocycles. The molecule has 1 rings (SSSR count). The third kappa shape index (κ3) is 8.70. The summed E-state index contributed by atoms with van der Waals surface area (Å²) in [5.74, 6) is -0.289. The van der Waals surface area contributed by atoms with Gasteiger partial charge in [0.25, 0.3) is 0 Å². The molecule has 0 atom stereocenters. The van der Waals surface area contributed by atoms with Gasteiger partial charge < -0.3 is 10.1 Å². The monoisotopic (exact) mass is 333 g/mol. The average Bonchev–Trinajstić information content (AvgIpc) is 2.59. The van der Waals surface area contributed by atoms with Gasteiger partial charge in [0, 0.05) is 12.1 Å². The molecular weight excluding hydrogens is 302 g/mol. The van der Waals surface area contributed by atoms with Gasteiger partial charge in [0.05, 0.1) is 12.2 Å². The van der Waals surface area contributed by atoms with Gasteiger partial charge in [-0.3, -0.25) is 4.79 Å². The molecule has 0 aliphatic heterocycles. The Labute approximate surface area is 146 Å². The lowest BCUT2D eigenvalue weighted by molar-refractivity contribution is -0.116. The van der Waals surface area contributed by atoms with Gasteiger partial charge in [-0.2, -0.15) is 0 Å². The highest BCUT2D eigenvalue weighted by Gasteiger charge is 2.07. The van der Waals surface area contributed by atoms with Crippen LogP contribution >= 0.6 is 0 Å². The van der Waals surface area contributed by atoms with Crippen molar-refractivity contribution < 1.29 is 14.3 Å². The van der Waals surface area contributed by atoms with E-state index in [0.717, 1.165) is 24.9 Å². The first-order chi connectivity index (χ1) is 11.7. The van der Waals surface area contributed by atoms with Gasteiger partial charge in [0.15, 0.2) is 0 Å². The topological polar surface area (TPSA) is 55.4 Å². The van der Waals surface area contributed by atoms with Crippen molar-refractivity contribution >= 4 is 17.6 Å².